The number of nitrogens with one attached hydrogen (secondary N) is 2. The van der Waals surface area contributed by atoms with Gasteiger partial charge in [0.05, 0.1) is 35.3 Å². The molecule has 2 aliphatic rings. The van der Waals surface area contributed by atoms with Gasteiger partial charge >= 0.3 is 0 Å². The maximum atomic E-state index is 14.4. The Bertz CT molecular complexity index is 1130. The number of pyridine rings is 1. The molecule has 11 heteroatoms. The Balaban J connectivity index is 1.49. The van der Waals surface area contributed by atoms with Crippen LogP contribution in [0.3, 0.4) is 0 Å². The van der Waals surface area contributed by atoms with E-state index in [-0.39, 0.29) is 11.5 Å². The van der Waals surface area contributed by atoms with Crippen LogP contribution in [0, 0.1) is 5.82 Å². The molecular weight excluding hydrogens is 421 g/mol. The zero-order valence-corrected chi connectivity index (χ0v) is 17.3. The van der Waals surface area contributed by atoms with Crippen molar-refractivity contribution in [1.82, 2.24) is 30.3 Å². The molecule has 0 amide bonds. The highest BCUT2D eigenvalue weighted by molar-refractivity contribution is 6.18. The van der Waals surface area contributed by atoms with Crippen molar-refractivity contribution < 1.29 is 4.39 Å². The first-order valence-corrected chi connectivity index (χ1v) is 10.3. The monoisotopic (exact) mass is 441 g/mol. The molecule has 2 aromatic heterocycles. The summed E-state index contributed by atoms with van der Waals surface area (Å²) in [5, 5.41) is 13.6. The van der Waals surface area contributed by atoms with Crippen molar-refractivity contribution in [3.8, 4) is 11.1 Å². The van der Waals surface area contributed by atoms with Gasteiger partial charge in [-0.1, -0.05) is 12.1 Å². The van der Waals surface area contributed by atoms with Crippen molar-refractivity contribution in [2.75, 3.05) is 23.8 Å². The normalized spacial score (nSPS) is 17.3. The fourth-order valence-electron chi connectivity index (χ4n) is 3.83. The average molecular weight is 442 g/mol. The molecule has 4 N–H and O–H groups in total. The Labute approximate surface area is 183 Å². The molecule has 160 valence electrons. The number of rotatable bonds is 4. The number of piperidine rings is 1. The first-order valence-electron chi connectivity index (χ1n) is 9.97. The number of aromatic nitrogens is 3. The van der Waals surface area contributed by atoms with Gasteiger partial charge in [-0.05, 0) is 44.1 Å². The standard InChI is InChI=1S/C20H21ClFN9/c21-31-27-20(30(28-31)18-4-2-1-3-17(18)22)16-9-13(10-25-19(16)23)14-11-26-29(12-14)15-5-7-24-8-6-15/h1-4,9-12,15,24,28H,5-8H2,(H2,23,25). The smallest absolute Gasteiger partial charge is 0.183 e. The van der Waals surface area contributed by atoms with Gasteiger partial charge in [-0.3, -0.25) is 4.68 Å². The van der Waals surface area contributed by atoms with Crippen LogP contribution in [0.4, 0.5) is 15.9 Å². The Morgan fingerprint density at radius 2 is 1.94 bits per heavy atom. The van der Waals surface area contributed by atoms with Crippen molar-refractivity contribution >= 4 is 29.1 Å². The SMILES string of the molecule is Nc1ncc(-c2cnn(C3CCNCC3)c2)cc1C1=NN(Cl)NN1c1ccccc1F. The maximum Gasteiger partial charge on any atom is 0.183 e. The third-order valence-corrected chi connectivity index (χ3v) is 5.60. The summed E-state index contributed by atoms with van der Waals surface area (Å²) in [5.74, 6) is 0.154. The lowest BCUT2D eigenvalue weighted by atomic mass is 10.1. The van der Waals surface area contributed by atoms with Crippen LogP contribution in [-0.2, 0) is 0 Å². The molecule has 9 nitrogen and oxygen atoms in total. The summed E-state index contributed by atoms with van der Waals surface area (Å²) in [6.07, 6.45) is 7.60. The van der Waals surface area contributed by atoms with Crippen LogP contribution in [0.15, 0.2) is 54.0 Å². The lowest BCUT2D eigenvalue weighted by Crippen LogP contribution is -2.41. The van der Waals surface area contributed by atoms with E-state index in [1.54, 1.807) is 24.4 Å². The van der Waals surface area contributed by atoms with E-state index in [4.69, 9.17) is 17.5 Å². The van der Waals surface area contributed by atoms with E-state index < -0.39 is 5.82 Å². The highest BCUT2D eigenvalue weighted by Crippen LogP contribution is 2.29. The number of hydrogen-bond donors (Lipinski definition) is 3. The number of nitrogen functional groups attached to an aromatic ring is 1. The van der Waals surface area contributed by atoms with Crippen molar-refractivity contribution in [3.05, 3.63) is 60.3 Å². The second-order valence-electron chi connectivity index (χ2n) is 7.42. The highest BCUT2D eigenvalue weighted by Gasteiger charge is 2.29. The molecular formula is C20H21ClFN9. The number of hydrazone groups is 1. The Morgan fingerprint density at radius 3 is 2.74 bits per heavy atom. The minimum atomic E-state index is -0.430. The largest absolute Gasteiger partial charge is 0.383 e. The van der Waals surface area contributed by atoms with Crippen LogP contribution in [0.5, 0.6) is 0 Å². The van der Waals surface area contributed by atoms with Crippen LogP contribution < -0.4 is 21.6 Å². The molecule has 0 radical (unpaired) electrons. The predicted molar refractivity (Wildman–Crippen MR) is 117 cm³/mol. The molecule has 0 aliphatic carbocycles. The van der Waals surface area contributed by atoms with Crippen LogP contribution in [-0.4, -0.2) is 38.3 Å². The molecule has 4 heterocycles. The predicted octanol–water partition coefficient (Wildman–Crippen LogP) is 2.65. The number of nitrogens with two attached hydrogens (primary N) is 1. The fourth-order valence-corrected chi connectivity index (χ4v) is 3.97. The summed E-state index contributed by atoms with van der Waals surface area (Å²) in [6.45, 7) is 1.97. The summed E-state index contributed by atoms with van der Waals surface area (Å²) in [4.78, 5) is 4.34. The van der Waals surface area contributed by atoms with Crippen molar-refractivity contribution in [1.29, 1.82) is 0 Å². The zero-order chi connectivity index (χ0) is 21.4. The number of amidine groups is 1. The third-order valence-electron chi connectivity index (χ3n) is 5.45. The number of hydrazine groups is 2. The van der Waals surface area contributed by atoms with Crippen molar-refractivity contribution in [2.24, 2.45) is 5.10 Å². The van der Waals surface area contributed by atoms with Crippen LogP contribution >= 0.6 is 11.8 Å². The van der Waals surface area contributed by atoms with E-state index in [0.29, 0.717) is 17.4 Å². The van der Waals surface area contributed by atoms with E-state index >= 15 is 0 Å². The molecule has 31 heavy (non-hydrogen) atoms. The Hall–Kier alpha value is -3.21. The number of nitrogens with zero attached hydrogens (tertiary/aromatic N) is 6. The maximum absolute atomic E-state index is 14.4. The van der Waals surface area contributed by atoms with Gasteiger partial charge in [-0.25, -0.2) is 14.4 Å². The zero-order valence-electron chi connectivity index (χ0n) is 16.5. The second kappa shape index (κ2) is 8.14. The first-order chi connectivity index (χ1) is 15.1. The molecule has 1 fully saturated rings. The molecule has 0 unspecified atom stereocenters. The summed E-state index contributed by atoms with van der Waals surface area (Å²) < 4.78 is 17.4. The summed E-state index contributed by atoms with van der Waals surface area (Å²) in [5.41, 5.74) is 11.5. The third kappa shape index (κ3) is 3.80. The van der Waals surface area contributed by atoms with Crippen molar-refractivity contribution in [2.45, 2.75) is 18.9 Å². The molecule has 0 atom stereocenters. The first kappa shape index (κ1) is 19.7. The summed E-state index contributed by atoms with van der Waals surface area (Å²) >= 11 is 6.04. The van der Waals surface area contributed by atoms with E-state index in [2.05, 4.69) is 26.0 Å². The van der Waals surface area contributed by atoms with Gasteiger partial charge < -0.3 is 11.1 Å². The molecule has 5 rings (SSSR count). The van der Waals surface area contributed by atoms with E-state index in [9.17, 15) is 4.39 Å². The lowest BCUT2D eigenvalue weighted by Gasteiger charge is -2.22. The molecule has 2 aliphatic heterocycles. The minimum absolute atomic E-state index is 0.253. The second-order valence-corrected chi connectivity index (χ2v) is 7.74. The molecule has 3 aromatic rings. The van der Waals surface area contributed by atoms with Gasteiger partial charge in [-0.2, -0.15) is 5.10 Å². The number of halogens is 2. The average Bonchev–Trinajstić information content (AvgIpc) is 3.42. The van der Waals surface area contributed by atoms with Crippen LogP contribution in [0.1, 0.15) is 24.4 Å². The lowest BCUT2D eigenvalue weighted by molar-refractivity contribution is 0.343. The topological polar surface area (TPSA) is 99.6 Å². The molecule has 0 bridgehead atoms. The van der Waals surface area contributed by atoms with Gasteiger partial charge in [-0.15, -0.1) is 15.3 Å². The van der Waals surface area contributed by atoms with Crippen molar-refractivity contribution in [3.63, 3.8) is 0 Å². The van der Waals surface area contributed by atoms with Gasteiger partial charge in [0.15, 0.2) is 5.84 Å². The summed E-state index contributed by atoms with van der Waals surface area (Å²) in [7, 11) is 0. The minimum Gasteiger partial charge on any atom is -0.383 e. The van der Waals surface area contributed by atoms with Crippen LogP contribution in [0.25, 0.3) is 11.1 Å². The quantitative estimate of drug-likeness (QED) is 0.535. The Kier molecular flexibility index (Phi) is 5.18. The van der Waals surface area contributed by atoms with Gasteiger partial charge in [0.1, 0.15) is 11.6 Å². The van der Waals surface area contributed by atoms with Gasteiger partial charge in [0, 0.05) is 23.5 Å². The Morgan fingerprint density at radius 1 is 1.13 bits per heavy atom. The number of benzene rings is 1. The van der Waals surface area contributed by atoms with E-state index in [0.717, 1.165) is 41.7 Å². The van der Waals surface area contributed by atoms with Gasteiger partial charge in [0.25, 0.3) is 0 Å². The molecule has 1 aromatic carbocycles. The highest BCUT2D eigenvalue weighted by atomic mass is 35.5. The fraction of sp³-hybridized carbons (Fsp3) is 0.250. The number of para-hydroxylation sites is 1. The summed E-state index contributed by atoms with van der Waals surface area (Å²) in [6, 6.07) is 8.54. The number of anilines is 2. The molecule has 0 saturated carbocycles. The van der Waals surface area contributed by atoms with E-state index in [1.807, 2.05) is 23.1 Å². The van der Waals surface area contributed by atoms with E-state index in [1.165, 1.54) is 11.1 Å². The molecule has 0 spiro atoms. The number of hydrogen-bond acceptors (Lipinski definition) is 8. The van der Waals surface area contributed by atoms with Gasteiger partial charge in [0.2, 0.25) is 0 Å². The van der Waals surface area contributed by atoms with Crippen LogP contribution in [0.2, 0.25) is 0 Å². The molecule has 1 saturated heterocycles.